The van der Waals surface area contributed by atoms with Crippen LogP contribution in [0.4, 0.5) is 25.8 Å². The number of nitrogens with zero attached hydrogens (tertiary/aromatic N) is 4. The number of aryl methyl sites for hydroxylation is 2. The van der Waals surface area contributed by atoms with Crippen LogP contribution in [0.5, 0.6) is 0 Å². The molecule has 0 aliphatic carbocycles. The third-order valence-corrected chi connectivity index (χ3v) is 9.17. The zero-order valence-corrected chi connectivity index (χ0v) is 24.9. The van der Waals surface area contributed by atoms with Crippen molar-refractivity contribution in [1.82, 2.24) is 10.2 Å². The third kappa shape index (κ3) is 6.06. The summed E-state index contributed by atoms with van der Waals surface area (Å²) in [6.45, 7) is 6.35. The van der Waals surface area contributed by atoms with Gasteiger partial charge in [0.05, 0.1) is 16.9 Å². The largest absolute Gasteiger partial charge is 0.367 e. The number of hydrogen-bond donors (Lipinski definition) is 2. The Hall–Kier alpha value is -4.05. The molecule has 0 spiro atoms. The minimum Gasteiger partial charge on any atom is -0.367 e. The molecule has 43 heavy (non-hydrogen) atoms. The van der Waals surface area contributed by atoms with Crippen LogP contribution in [0.25, 0.3) is 0 Å². The number of rotatable bonds is 6. The van der Waals surface area contributed by atoms with Crippen LogP contribution in [-0.4, -0.2) is 64.5 Å². The van der Waals surface area contributed by atoms with Gasteiger partial charge in [0, 0.05) is 43.5 Å². The summed E-state index contributed by atoms with van der Waals surface area (Å²) in [6.07, 6.45) is 1.47. The molecule has 12 heteroatoms. The highest BCUT2D eigenvalue weighted by molar-refractivity contribution is 7.89. The van der Waals surface area contributed by atoms with Crippen molar-refractivity contribution in [3.63, 3.8) is 0 Å². The number of carbonyl (C=O) groups is 1. The monoisotopic (exact) mass is 608 g/mol. The number of nitrogens with two attached hydrogens (primary N) is 1. The predicted octanol–water partition coefficient (Wildman–Crippen LogP) is 3.95. The highest BCUT2D eigenvalue weighted by Gasteiger charge is 2.31. The van der Waals surface area contributed by atoms with Gasteiger partial charge in [0.15, 0.2) is 0 Å². The van der Waals surface area contributed by atoms with Crippen molar-refractivity contribution in [1.29, 1.82) is 5.26 Å². The van der Waals surface area contributed by atoms with Crippen molar-refractivity contribution >= 4 is 33.0 Å². The highest BCUT2D eigenvalue weighted by Crippen LogP contribution is 2.39. The van der Waals surface area contributed by atoms with Gasteiger partial charge in [-0.15, -0.1) is 0 Å². The lowest BCUT2D eigenvalue weighted by atomic mass is 9.96. The van der Waals surface area contributed by atoms with Crippen LogP contribution < -0.4 is 20.3 Å². The van der Waals surface area contributed by atoms with E-state index in [1.807, 2.05) is 24.8 Å². The molecule has 1 amide bonds. The molecule has 9 nitrogen and oxygen atoms in total. The Bertz CT molecular complexity index is 1690. The molecule has 0 aromatic heterocycles. The summed E-state index contributed by atoms with van der Waals surface area (Å²) in [5, 5.41) is 18.5. The van der Waals surface area contributed by atoms with E-state index in [4.69, 9.17) is 5.14 Å². The maximum Gasteiger partial charge on any atom is 0.254 e. The number of carbonyl (C=O) groups excluding carboxylic acids is 1. The predicted molar refractivity (Wildman–Crippen MR) is 161 cm³/mol. The summed E-state index contributed by atoms with van der Waals surface area (Å²) in [7, 11) is -4.30. The van der Waals surface area contributed by atoms with Crippen LogP contribution in [0.15, 0.2) is 53.4 Å². The SMILES string of the molecule is Cc1cc(C)c(N(c2c(F)cccc2C#N)C2CCNCC2)cc1C(=O)N1CCN(c2cccc(F)c2S(N)(=O)=O)CC1. The molecule has 0 radical (unpaired) electrons. The Kier molecular flexibility index (Phi) is 8.69. The molecule has 226 valence electrons. The number of amides is 1. The topological polar surface area (TPSA) is 123 Å². The lowest BCUT2D eigenvalue weighted by molar-refractivity contribution is 0.0745. The molecule has 2 saturated heterocycles. The number of halogens is 2. The van der Waals surface area contributed by atoms with E-state index in [9.17, 15) is 22.9 Å². The fourth-order valence-electron chi connectivity index (χ4n) is 6.09. The number of piperidine rings is 1. The molecule has 3 N–H and O–H groups in total. The quantitative estimate of drug-likeness (QED) is 0.435. The number of nitrogens with one attached hydrogen (secondary N) is 1. The molecule has 0 saturated carbocycles. The molecule has 5 rings (SSSR count). The van der Waals surface area contributed by atoms with Gasteiger partial charge >= 0.3 is 0 Å². The van der Waals surface area contributed by atoms with Crippen LogP contribution in [0.3, 0.4) is 0 Å². The summed E-state index contributed by atoms with van der Waals surface area (Å²) < 4.78 is 54.1. The summed E-state index contributed by atoms with van der Waals surface area (Å²) in [6, 6.07) is 14.2. The number of hydrogen-bond acceptors (Lipinski definition) is 7. The number of nitriles is 1. The molecule has 0 bridgehead atoms. The summed E-state index contributed by atoms with van der Waals surface area (Å²) >= 11 is 0. The van der Waals surface area contributed by atoms with Crippen molar-refractivity contribution in [3.8, 4) is 6.07 Å². The van der Waals surface area contributed by atoms with E-state index in [1.165, 1.54) is 24.3 Å². The molecular formula is C31H34F2N6O3S. The van der Waals surface area contributed by atoms with Gasteiger partial charge in [0.25, 0.3) is 5.91 Å². The van der Waals surface area contributed by atoms with Crippen LogP contribution in [-0.2, 0) is 10.0 Å². The second kappa shape index (κ2) is 12.3. The minimum atomic E-state index is -4.30. The van der Waals surface area contributed by atoms with Gasteiger partial charge in [0.1, 0.15) is 22.6 Å². The van der Waals surface area contributed by atoms with E-state index in [0.29, 0.717) is 11.3 Å². The lowest BCUT2D eigenvalue weighted by Crippen LogP contribution is -2.49. The smallest absolute Gasteiger partial charge is 0.254 e. The van der Waals surface area contributed by atoms with E-state index >= 15 is 4.39 Å². The molecule has 3 aromatic carbocycles. The van der Waals surface area contributed by atoms with Gasteiger partial charge in [-0.3, -0.25) is 4.79 Å². The third-order valence-electron chi connectivity index (χ3n) is 8.19. The van der Waals surface area contributed by atoms with E-state index in [-0.39, 0.29) is 55.1 Å². The van der Waals surface area contributed by atoms with Crippen molar-refractivity contribution < 1.29 is 22.0 Å². The van der Waals surface area contributed by atoms with Crippen LogP contribution in [0.2, 0.25) is 0 Å². The van der Waals surface area contributed by atoms with E-state index < -0.39 is 26.6 Å². The molecule has 2 aliphatic heterocycles. The lowest BCUT2D eigenvalue weighted by Gasteiger charge is -2.39. The Morgan fingerprint density at radius 1 is 1.00 bits per heavy atom. The fraction of sp³-hybridized carbons (Fsp3) is 0.355. The first-order valence-electron chi connectivity index (χ1n) is 14.2. The summed E-state index contributed by atoms with van der Waals surface area (Å²) in [5.74, 6) is -1.64. The molecule has 0 unspecified atom stereocenters. The maximum atomic E-state index is 15.4. The van der Waals surface area contributed by atoms with Crippen LogP contribution in [0.1, 0.15) is 39.9 Å². The first kappa shape index (κ1) is 30.4. The number of anilines is 3. The molecule has 2 fully saturated rings. The average molecular weight is 609 g/mol. The summed E-state index contributed by atoms with van der Waals surface area (Å²) in [5.41, 5.74) is 3.33. The molecule has 2 aliphatic rings. The number of piperazine rings is 1. The first-order valence-corrected chi connectivity index (χ1v) is 15.7. The van der Waals surface area contributed by atoms with Crippen molar-refractivity contribution in [3.05, 3.63) is 82.4 Å². The van der Waals surface area contributed by atoms with Gasteiger partial charge in [-0.1, -0.05) is 18.2 Å². The average Bonchev–Trinajstić information content (AvgIpc) is 2.98. The minimum absolute atomic E-state index is 0.0857. The highest BCUT2D eigenvalue weighted by atomic mass is 32.2. The number of primary sulfonamides is 1. The van der Waals surface area contributed by atoms with E-state index in [1.54, 1.807) is 21.9 Å². The van der Waals surface area contributed by atoms with Crippen LogP contribution >= 0.6 is 0 Å². The second-order valence-corrected chi connectivity index (χ2v) is 12.5. The van der Waals surface area contributed by atoms with Crippen molar-refractivity contribution in [2.24, 2.45) is 5.14 Å². The molecule has 0 atom stereocenters. The van der Waals surface area contributed by atoms with Crippen molar-refractivity contribution in [2.75, 3.05) is 49.1 Å². The fourth-order valence-corrected chi connectivity index (χ4v) is 6.92. The molecule has 2 heterocycles. The van der Waals surface area contributed by atoms with Gasteiger partial charge in [-0.05, 0) is 81.2 Å². The first-order chi connectivity index (χ1) is 20.5. The Morgan fingerprint density at radius 3 is 2.30 bits per heavy atom. The van der Waals surface area contributed by atoms with Gasteiger partial charge < -0.3 is 20.0 Å². The summed E-state index contributed by atoms with van der Waals surface area (Å²) in [4.78, 5) is 18.6. The maximum absolute atomic E-state index is 15.4. The number of sulfonamides is 1. The Balaban J connectivity index is 1.47. The van der Waals surface area contributed by atoms with E-state index in [2.05, 4.69) is 11.4 Å². The normalized spacial score (nSPS) is 16.2. The zero-order valence-electron chi connectivity index (χ0n) is 24.1. The van der Waals surface area contributed by atoms with Crippen molar-refractivity contribution in [2.45, 2.75) is 37.6 Å². The molecule has 3 aromatic rings. The Labute approximate surface area is 250 Å². The van der Waals surface area contributed by atoms with Crippen LogP contribution in [0, 0.1) is 36.8 Å². The van der Waals surface area contributed by atoms with Gasteiger partial charge in [0.2, 0.25) is 10.0 Å². The zero-order chi connectivity index (χ0) is 30.9. The van der Waals surface area contributed by atoms with Gasteiger partial charge in [-0.2, -0.15) is 5.26 Å². The Morgan fingerprint density at radius 2 is 1.65 bits per heavy atom. The second-order valence-electron chi connectivity index (χ2n) is 11.0. The standard InChI is InChI=1S/C31H34F2N6O3S/c1-20-17-21(2)28(39(23-9-11-36-12-10-23)29-22(19-34)5-3-6-25(29)32)18-24(20)31(40)38-15-13-37(14-16-38)27-8-4-7-26(33)30(27)43(35,41)42/h3-8,17-18,23,36H,9-16H2,1-2H3,(H2,35,41,42). The number of benzene rings is 3. The number of para-hydroxylation sites is 1. The van der Waals surface area contributed by atoms with Gasteiger partial charge in [-0.25, -0.2) is 22.3 Å². The van der Waals surface area contributed by atoms with E-state index in [0.717, 1.165) is 43.1 Å². The molecular weight excluding hydrogens is 574 g/mol.